The summed E-state index contributed by atoms with van der Waals surface area (Å²) >= 11 is 0. The Morgan fingerprint density at radius 2 is 2.00 bits per heavy atom. The number of amides is 1. The predicted octanol–water partition coefficient (Wildman–Crippen LogP) is 0.463. The van der Waals surface area contributed by atoms with Gasteiger partial charge in [-0.25, -0.2) is 12.7 Å². The van der Waals surface area contributed by atoms with Gasteiger partial charge in [0.1, 0.15) is 5.75 Å². The molecular formula is C18H29N3O5S. The van der Waals surface area contributed by atoms with E-state index in [2.05, 4.69) is 10.2 Å². The maximum atomic E-state index is 12.1. The molecule has 0 aliphatic carbocycles. The summed E-state index contributed by atoms with van der Waals surface area (Å²) < 4.78 is 36.3. The van der Waals surface area contributed by atoms with E-state index >= 15 is 0 Å². The molecule has 1 aliphatic rings. The zero-order valence-electron chi connectivity index (χ0n) is 16.2. The number of nitrogens with one attached hydrogen (secondary N) is 1. The van der Waals surface area contributed by atoms with Gasteiger partial charge in [0.05, 0.1) is 18.1 Å². The Kier molecular flexibility index (Phi) is 8.03. The topological polar surface area (TPSA) is 88.2 Å². The molecule has 1 N–H and O–H groups in total. The zero-order chi connectivity index (χ0) is 19.9. The monoisotopic (exact) mass is 399 g/mol. The van der Waals surface area contributed by atoms with E-state index < -0.39 is 10.0 Å². The zero-order valence-corrected chi connectivity index (χ0v) is 17.0. The summed E-state index contributed by atoms with van der Waals surface area (Å²) in [7, 11) is -0.516. The van der Waals surface area contributed by atoms with Gasteiger partial charge in [-0.2, -0.15) is 0 Å². The summed E-state index contributed by atoms with van der Waals surface area (Å²) in [6.45, 7) is 6.61. The maximum Gasteiger partial charge on any atom is 0.257 e. The van der Waals surface area contributed by atoms with E-state index in [1.807, 2.05) is 0 Å². The van der Waals surface area contributed by atoms with Crippen molar-refractivity contribution in [2.75, 3.05) is 60.1 Å². The van der Waals surface area contributed by atoms with Crippen LogP contribution in [-0.4, -0.2) is 83.6 Å². The fraction of sp³-hybridized carbons (Fsp3) is 0.611. The third-order valence-corrected chi connectivity index (χ3v) is 6.17. The molecule has 0 atom stereocenters. The van der Waals surface area contributed by atoms with Crippen LogP contribution >= 0.6 is 0 Å². The van der Waals surface area contributed by atoms with Crippen molar-refractivity contribution >= 4 is 15.9 Å². The van der Waals surface area contributed by atoms with Crippen LogP contribution in [0, 0.1) is 6.92 Å². The lowest BCUT2D eigenvalue weighted by atomic mass is 10.2. The Morgan fingerprint density at radius 3 is 2.63 bits per heavy atom. The molecule has 9 heteroatoms. The third-order valence-electron chi connectivity index (χ3n) is 4.36. The Bertz CT molecular complexity index is 731. The molecule has 0 aromatic heterocycles. The first-order valence-corrected chi connectivity index (χ1v) is 10.5. The summed E-state index contributed by atoms with van der Waals surface area (Å²) in [4.78, 5) is 14.4. The smallest absolute Gasteiger partial charge is 0.257 e. The second-order valence-electron chi connectivity index (χ2n) is 6.66. The molecule has 8 nitrogen and oxygen atoms in total. The third kappa shape index (κ3) is 6.46. The molecule has 1 heterocycles. The lowest BCUT2D eigenvalue weighted by Gasteiger charge is -2.26. The molecule has 1 amide bonds. The molecule has 2 rings (SSSR count). The SMILES string of the molecule is Cc1cc(S(=O)(=O)N(C)C)ccc1OCC(=O)NCCCN1CCOCC1. The van der Waals surface area contributed by atoms with Crippen molar-refractivity contribution in [1.82, 2.24) is 14.5 Å². The Morgan fingerprint density at radius 1 is 1.30 bits per heavy atom. The number of morpholine rings is 1. The molecule has 0 radical (unpaired) electrons. The van der Waals surface area contributed by atoms with Crippen LogP contribution in [0.5, 0.6) is 5.75 Å². The highest BCUT2D eigenvalue weighted by molar-refractivity contribution is 7.89. The molecular weight excluding hydrogens is 370 g/mol. The van der Waals surface area contributed by atoms with Gasteiger partial charge in [0.25, 0.3) is 5.91 Å². The van der Waals surface area contributed by atoms with Gasteiger partial charge in [-0.05, 0) is 43.7 Å². The molecule has 27 heavy (non-hydrogen) atoms. The van der Waals surface area contributed by atoms with Crippen molar-refractivity contribution in [1.29, 1.82) is 0 Å². The molecule has 0 spiro atoms. The first kappa shape index (κ1) is 21.6. The van der Waals surface area contributed by atoms with Gasteiger partial charge < -0.3 is 14.8 Å². The van der Waals surface area contributed by atoms with Crippen LogP contribution in [0.15, 0.2) is 23.1 Å². The minimum absolute atomic E-state index is 0.0990. The number of aryl methyl sites for hydroxylation is 1. The minimum Gasteiger partial charge on any atom is -0.484 e. The first-order chi connectivity index (χ1) is 12.8. The lowest BCUT2D eigenvalue weighted by Crippen LogP contribution is -2.38. The van der Waals surface area contributed by atoms with Crippen LogP contribution in [0.3, 0.4) is 0 Å². The van der Waals surface area contributed by atoms with E-state index in [4.69, 9.17) is 9.47 Å². The molecule has 1 fully saturated rings. The maximum absolute atomic E-state index is 12.1. The van der Waals surface area contributed by atoms with Gasteiger partial charge in [0.15, 0.2) is 6.61 Å². The number of hydrogen-bond acceptors (Lipinski definition) is 6. The van der Waals surface area contributed by atoms with Gasteiger partial charge in [-0.1, -0.05) is 0 Å². The van der Waals surface area contributed by atoms with E-state index in [1.165, 1.54) is 20.2 Å². The summed E-state index contributed by atoms with van der Waals surface area (Å²) in [6, 6.07) is 4.61. The van der Waals surface area contributed by atoms with Crippen molar-refractivity contribution in [2.45, 2.75) is 18.2 Å². The highest BCUT2D eigenvalue weighted by atomic mass is 32.2. The molecule has 1 saturated heterocycles. The number of ether oxygens (including phenoxy) is 2. The number of carbonyl (C=O) groups is 1. The standard InChI is InChI=1S/C18H29N3O5S/c1-15-13-16(27(23,24)20(2)3)5-6-17(15)26-14-18(22)19-7-4-8-21-9-11-25-12-10-21/h5-6,13H,4,7-12,14H2,1-3H3,(H,19,22). The molecule has 0 bridgehead atoms. The fourth-order valence-electron chi connectivity index (χ4n) is 2.70. The van der Waals surface area contributed by atoms with Gasteiger partial charge >= 0.3 is 0 Å². The average Bonchev–Trinajstić information content (AvgIpc) is 2.65. The number of hydrogen-bond donors (Lipinski definition) is 1. The van der Waals surface area contributed by atoms with Crippen LogP contribution in [0.25, 0.3) is 0 Å². The Balaban J connectivity index is 1.74. The number of benzene rings is 1. The molecule has 1 aromatic rings. The van der Waals surface area contributed by atoms with Gasteiger partial charge in [-0.3, -0.25) is 9.69 Å². The largest absolute Gasteiger partial charge is 0.484 e. The molecule has 152 valence electrons. The van der Waals surface area contributed by atoms with E-state index in [0.29, 0.717) is 17.9 Å². The number of carbonyl (C=O) groups excluding carboxylic acids is 1. The Labute approximate surface area is 161 Å². The highest BCUT2D eigenvalue weighted by Gasteiger charge is 2.18. The van der Waals surface area contributed by atoms with Crippen LogP contribution in [0.1, 0.15) is 12.0 Å². The van der Waals surface area contributed by atoms with Crippen molar-refractivity contribution < 1.29 is 22.7 Å². The highest BCUT2D eigenvalue weighted by Crippen LogP contribution is 2.23. The van der Waals surface area contributed by atoms with Crippen molar-refractivity contribution in [3.05, 3.63) is 23.8 Å². The summed E-state index contributed by atoms with van der Waals surface area (Å²) in [5.74, 6) is 0.303. The molecule has 0 saturated carbocycles. The van der Waals surface area contributed by atoms with Crippen LogP contribution in [0.4, 0.5) is 0 Å². The fourth-order valence-corrected chi connectivity index (χ4v) is 3.69. The summed E-state index contributed by atoms with van der Waals surface area (Å²) in [5, 5.41) is 2.84. The Hall–Kier alpha value is -1.68. The lowest BCUT2D eigenvalue weighted by molar-refractivity contribution is -0.123. The number of nitrogens with zero attached hydrogens (tertiary/aromatic N) is 2. The number of rotatable bonds is 9. The molecule has 1 aromatic carbocycles. The van der Waals surface area contributed by atoms with E-state index in [1.54, 1.807) is 19.1 Å². The van der Waals surface area contributed by atoms with E-state index in [9.17, 15) is 13.2 Å². The van der Waals surface area contributed by atoms with Crippen molar-refractivity contribution in [3.63, 3.8) is 0 Å². The quantitative estimate of drug-likeness (QED) is 0.607. The summed E-state index contributed by atoms with van der Waals surface area (Å²) in [6.07, 6.45) is 0.877. The van der Waals surface area contributed by atoms with E-state index in [-0.39, 0.29) is 17.4 Å². The van der Waals surface area contributed by atoms with Crippen LogP contribution in [-0.2, 0) is 19.6 Å². The normalized spacial score (nSPS) is 15.7. The summed E-state index contributed by atoms with van der Waals surface area (Å²) in [5.41, 5.74) is 0.665. The van der Waals surface area contributed by atoms with Crippen LogP contribution < -0.4 is 10.1 Å². The molecule has 0 unspecified atom stereocenters. The van der Waals surface area contributed by atoms with Crippen molar-refractivity contribution in [2.24, 2.45) is 0 Å². The predicted molar refractivity (Wildman–Crippen MR) is 102 cm³/mol. The van der Waals surface area contributed by atoms with Gasteiger partial charge in [-0.15, -0.1) is 0 Å². The van der Waals surface area contributed by atoms with Gasteiger partial charge in [0, 0.05) is 33.7 Å². The van der Waals surface area contributed by atoms with Crippen LogP contribution in [0.2, 0.25) is 0 Å². The molecule has 1 aliphatic heterocycles. The second-order valence-corrected chi connectivity index (χ2v) is 8.81. The van der Waals surface area contributed by atoms with Crippen molar-refractivity contribution in [3.8, 4) is 5.75 Å². The second kappa shape index (κ2) is 10.0. The van der Waals surface area contributed by atoms with Gasteiger partial charge in [0.2, 0.25) is 10.0 Å². The first-order valence-electron chi connectivity index (χ1n) is 9.03. The minimum atomic E-state index is -3.49. The average molecular weight is 400 g/mol. The van der Waals surface area contributed by atoms with E-state index in [0.717, 1.165) is 43.6 Å². The number of sulfonamides is 1.